The van der Waals surface area contributed by atoms with Crippen LogP contribution >= 0.6 is 39.7 Å². The van der Waals surface area contributed by atoms with Crippen LogP contribution in [0.15, 0.2) is 0 Å². The Bertz CT molecular complexity index is 145. The second kappa shape index (κ2) is 5.92. The summed E-state index contributed by atoms with van der Waals surface area (Å²) in [6, 6.07) is 0. The van der Waals surface area contributed by atoms with E-state index in [0.29, 0.717) is 5.75 Å². The van der Waals surface area contributed by atoms with Crippen molar-refractivity contribution in [3.63, 3.8) is 0 Å². The monoisotopic (exact) mass is 266 g/mol. The maximum Gasteiger partial charge on any atom is 0.0626 e. The third kappa shape index (κ3) is 9.48. The first-order chi connectivity index (χ1) is 5.77. The number of rotatable bonds is 6. The lowest BCUT2D eigenvalue weighted by Gasteiger charge is -2.25. The number of hydrogen-bond donors (Lipinski definition) is 0. The fraction of sp³-hybridized carbons (Fsp3) is 1.00. The van der Waals surface area contributed by atoms with Crippen LogP contribution in [0.5, 0.6) is 0 Å². The minimum atomic E-state index is -1.90. The molecule has 0 heterocycles. The van der Waals surface area contributed by atoms with E-state index in [-0.39, 0.29) is 5.60 Å². The SMILES string of the molecule is CCOC(C)(C)CCCS(Cl)(Cl)Cl. The minimum absolute atomic E-state index is 0.0931. The van der Waals surface area contributed by atoms with Crippen molar-refractivity contribution in [2.24, 2.45) is 0 Å². The van der Waals surface area contributed by atoms with Gasteiger partial charge in [-0.25, -0.2) is 0 Å². The van der Waals surface area contributed by atoms with Gasteiger partial charge in [0, 0.05) is 12.4 Å². The van der Waals surface area contributed by atoms with Crippen molar-refractivity contribution < 1.29 is 4.74 Å². The first-order valence-corrected chi connectivity index (χ1v) is 8.59. The molecular weight excluding hydrogens is 251 g/mol. The largest absolute Gasteiger partial charge is 0.376 e. The molecule has 1 nitrogen and oxygen atoms in total. The summed E-state index contributed by atoms with van der Waals surface area (Å²) in [4.78, 5) is 0. The van der Waals surface area contributed by atoms with Crippen molar-refractivity contribution in [1.82, 2.24) is 0 Å². The highest BCUT2D eigenvalue weighted by Crippen LogP contribution is 2.63. The van der Waals surface area contributed by atoms with Crippen molar-refractivity contribution in [2.45, 2.75) is 39.2 Å². The summed E-state index contributed by atoms with van der Waals surface area (Å²) >= 11 is 0. The van der Waals surface area contributed by atoms with Crippen LogP contribution in [0.25, 0.3) is 0 Å². The van der Waals surface area contributed by atoms with Gasteiger partial charge in [0.2, 0.25) is 0 Å². The van der Waals surface area contributed by atoms with Crippen LogP contribution in [0.4, 0.5) is 0 Å². The second-order valence-electron chi connectivity index (χ2n) is 3.50. The Morgan fingerprint density at radius 3 is 2.15 bits per heavy atom. The molecule has 0 unspecified atom stereocenters. The van der Waals surface area contributed by atoms with E-state index in [0.717, 1.165) is 19.4 Å². The Hall–Kier alpha value is 1.18. The van der Waals surface area contributed by atoms with Crippen LogP contribution in [-0.4, -0.2) is 18.0 Å². The van der Waals surface area contributed by atoms with E-state index in [1.807, 2.05) is 6.92 Å². The van der Waals surface area contributed by atoms with Crippen molar-refractivity contribution in [2.75, 3.05) is 12.4 Å². The molecule has 82 valence electrons. The van der Waals surface area contributed by atoms with Gasteiger partial charge >= 0.3 is 0 Å². The molecule has 0 spiro atoms. The van der Waals surface area contributed by atoms with Crippen LogP contribution in [0.2, 0.25) is 0 Å². The van der Waals surface area contributed by atoms with Crippen LogP contribution in [0, 0.1) is 0 Å². The fourth-order valence-corrected chi connectivity index (χ4v) is 2.58. The number of halogens is 3. The van der Waals surface area contributed by atoms with Crippen molar-refractivity contribution in [3.05, 3.63) is 0 Å². The first kappa shape index (κ1) is 14.2. The number of ether oxygens (including phenoxy) is 1. The zero-order chi connectivity index (χ0) is 10.5. The Morgan fingerprint density at radius 1 is 1.23 bits per heavy atom. The molecule has 0 bridgehead atoms. The summed E-state index contributed by atoms with van der Waals surface area (Å²) in [6.07, 6.45) is 1.83. The molecule has 0 saturated carbocycles. The van der Waals surface area contributed by atoms with Crippen molar-refractivity contribution >= 4 is 39.7 Å². The smallest absolute Gasteiger partial charge is 0.0626 e. The molecule has 0 amide bonds. The van der Waals surface area contributed by atoms with Gasteiger partial charge in [0.05, 0.1) is 5.60 Å². The third-order valence-electron chi connectivity index (χ3n) is 1.69. The molecule has 0 N–H and O–H groups in total. The molecular formula is C8H17Cl3OS. The van der Waals surface area contributed by atoms with Gasteiger partial charge in [-0.1, -0.05) is 0 Å². The quantitative estimate of drug-likeness (QED) is 0.668. The Kier molecular flexibility index (Phi) is 6.45. The zero-order valence-corrected chi connectivity index (χ0v) is 11.4. The number of hydrogen-bond acceptors (Lipinski definition) is 1. The van der Waals surface area contributed by atoms with Gasteiger partial charge < -0.3 is 4.74 Å². The molecule has 0 aliphatic carbocycles. The van der Waals surface area contributed by atoms with E-state index >= 15 is 0 Å². The predicted octanol–water partition coefficient (Wildman–Crippen LogP) is 4.85. The summed E-state index contributed by atoms with van der Waals surface area (Å²) in [7, 11) is 15.2. The highest BCUT2D eigenvalue weighted by atomic mass is 36.2. The van der Waals surface area contributed by atoms with E-state index in [4.69, 9.17) is 36.8 Å². The molecule has 0 aliphatic heterocycles. The Balaban J connectivity index is 3.63. The molecule has 5 heteroatoms. The highest BCUT2D eigenvalue weighted by molar-refractivity contribution is 8.79. The van der Waals surface area contributed by atoms with Gasteiger partial charge in [-0.15, -0.1) is 0 Å². The standard InChI is InChI=1S/C8H17Cl3OS/c1-4-12-8(2,3)6-5-7-13(9,10)11/h4-7H2,1-3H3. The normalized spacial score (nSPS) is 14.6. The van der Waals surface area contributed by atoms with Crippen LogP contribution in [0.3, 0.4) is 0 Å². The molecule has 0 aromatic rings. The van der Waals surface area contributed by atoms with Gasteiger partial charge in [0.1, 0.15) is 0 Å². The summed E-state index contributed by atoms with van der Waals surface area (Å²) in [5.41, 5.74) is -0.0931. The minimum Gasteiger partial charge on any atom is -0.376 e. The van der Waals surface area contributed by atoms with E-state index in [1.54, 1.807) is 0 Å². The molecule has 0 rings (SSSR count). The lowest BCUT2D eigenvalue weighted by molar-refractivity contribution is -0.0163. The summed E-state index contributed by atoms with van der Waals surface area (Å²) < 4.78 is 5.52. The van der Waals surface area contributed by atoms with Gasteiger partial charge in [-0.05, 0) is 73.3 Å². The average molecular weight is 268 g/mol. The molecule has 0 aromatic heterocycles. The van der Waals surface area contributed by atoms with Gasteiger partial charge in [-0.2, -0.15) is 0 Å². The zero-order valence-electron chi connectivity index (χ0n) is 8.28. The maximum atomic E-state index is 5.71. The molecule has 0 fully saturated rings. The van der Waals surface area contributed by atoms with E-state index in [2.05, 4.69) is 13.8 Å². The summed E-state index contributed by atoms with van der Waals surface area (Å²) in [5.74, 6) is 0.661. The molecule has 13 heavy (non-hydrogen) atoms. The van der Waals surface area contributed by atoms with E-state index in [9.17, 15) is 0 Å². The molecule has 0 aliphatic rings. The molecule has 0 aromatic carbocycles. The molecule has 0 saturated heterocycles. The first-order valence-electron chi connectivity index (χ1n) is 4.31. The summed E-state index contributed by atoms with van der Waals surface area (Å²) in [5, 5.41) is 0. The lowest BCUT2D eigenvalue weighted by Crippen LogP contribution is -2.24. The highest BCUT2D eigenvalue weighted by Gasteiger charge is 2.20. The van der Waals surface area contributed by atoms with Gasteiger partial charge in [-0.3, -0.25) is 0 Å². The van der Waals surface area contributed by atoms with Crippen LogP contribution in [0.1, 0.15) is 33.6 Å². The molecule has 0 radical (unpaired) electrons. The van der Waals surface area contributed by atoms with Gasteiger partial charge in [0.25, 0.3) is 0 Å². The predicted molar refractivity (Wildman–Crippen MR) is 65.0 cm³/mol. The second-order valence-corrected chi connectivity index (χ2v) is 11.1. The van der Waals surface area contributed by atoms with E-state index < -0.39 is 7.67 Å². The topological polar surface area (TPSA) is 9.23 Å². The van der Waals surface area contributed by atoms with Crippen LogP contribution in [-0.2, 0) is 4.74 Å². The third-order valence-corrected chi connectivity index (χ3v) is 3.83. The Labute approximate surface area is 95.9 Å². The maximum absolute atomic E-state index is 5.71. The lowest BCUT2D eigenvalue weighted by atomic mass is 10.0. The fourth-order valence-electron chi connectivity index (χ4n) is 1.12. The molecule has 0 atom stereocenters. The Morgan fingerprint density at radius 2 is 1.77 bits per heavy atom. The van der Waals surface area contributed by atoms with Crippen molar-refractivity contribution in [1.29, 1.82) is 0 Å². The average Bonchev–Trinajstić information content (AvgIpc) is 1.82. The van der Waals surface area contributed by atoms with Crippen LogP contribution < -0.4 is 0 Å². The van der Waals surface area contributed by atoms with Crippen molar-refractivity contribution in [3.8, 4) is 0 Å². The van der Waals surface area contributed by atoms with E-state index in [1.165, 1.54) is 0 Å². The van der Waals surface area contributed by atoms with Gasteiger partial charge in [0.15, 0.2) is 0 Å². The summed E-state index contributed by atoms with van der Waals surface area (Å²) in [6.45, 7) is 6.84.